The Morgan fingerprint density at radius 2 is 2.00 bits per heavy atom. The van der Waals surface area contributed by atoms with Crippen LogP contribution in [0.2, 0.25) is 0 Å². The molecule has 154 valence electrons. The van der Waals surface area contributed by atoms with Crippen LogP contribution in [0.1, 0.15) is 49.4 Å². The van der Waals surface area contributed by atoms with Crippen molar-refractivity contribution in [1.82, 2.24) is 19.8 Å². The van der Waals surface area contributed by atoms with Gasteiger partial charge in [-0.2, -0.15) is 0 Å². The zero-order valence-electron chi connectivity index (χ0n) is 17.3. The molecule has 2 aromatic rings. The zero-order valence-corrected chi connectivity index (χ0v) is 17.3. The van der Waals surface area contributed by atoms with E-state index in [2.05, 4.69) is 27.3 Å². The number of nitrogens with one attached hydrogen (secondary N) is 1. The largest absolute Gasteiger partial charge is 0.342 e. The fraction of sp³-hybridized carbons (Fsp3) is 0.522. The van der Waals surface area contributed by atoms with E-state index in [0.717, 1.165) is 74.8 Å². The predicted molar refractivity (Wildman–Crippen MR) is 115 cm³/mol. The third-order valence-corrected chi connectivity index (χ3v) is 5.90. The number of aryl methyl sites for hydroxylation is 1. The molecule has 0 aromatic carbocycles. The van der Waals surface area contributed by atoms with Crippen molar-refractivity contribution in [3.8, 4) is 0 Å². The summed E-state index contributed by atoms with van der Waals surface area (Å²) in [7, 11) is 0. The number of amides is 1. The number of aromatic nitrogens is 2. The van der Waals surface area contributed by atoms with E-state index < -0.39 is 0 Å². The molecule has 2 fully saturated rings. The lowest BCUT2D eigenvalue weighted by Crippen LogP contribution is -2.45. The van der Waals surface area contributed by atoms with E-state index in [1.54, 1.807) is 6.20 Å². The Kier molecular flexibility index (Phi) is 6.39. The summed E-state index contributed by atoms with van der Waals surface area (Å²) >= 11 is 0. The van der Waals surface area contributed by atoms with Crippen molar-refractivity contribution in [2.24, 2.45) is 0 Å². The van der Waals surface area contributed by atoms with Gasteiger partial charge in [-0.05, 0) is 69.8 Å². The highest BCUT2D eigenvalue weighted by molar-refractivity contribution is 5.78. The van der Waals surface area contributed by atoms with Gasteiger partial charge >= 0.3 is 0 Å². The van der Waals surface area contributed by atoms with Crippen molar-refractivity contribution in [2.45, 2.75) is 44.9 Å². The average molecular weight is 394 g/mol. The fourth-order valence-corrected chi connectivity index (χ4v) is 4.44. The molecule has 0 aliphatic carbocycles. The lowest BCUT2D eigenvalue weighted by Gasteiger charge is -2.34. The lowest BCUT2D eigenvalue weighted by molar-refractivity contribution is -0.133. The molecule has 0 saturated carbocycles. The molecule has 2 saturated heterocycles. The van der Waals surface area contributed by atoms with E-state index in [1.165, 1.54) is 6.42 Å². The minimum absolute atomic E-state index is 0.292. The summed E-state index contributed by atoms with van der Waals surface area (Å²) in [6.45, 7) is 6.34. The number of carbonyl (C=O) groups is 1. The summed E-state index contributed by atoms with van der Waals surface area (Å²) in [5.74, 6) is 1.49. The highest BCUT2D eigenvalue weighted by Gasteiger charge is 2.26. The van der Waals surface area contributed by atoms with Crippen LogP contribution in [-0.2, 0) is 4.79 Å². The normalized spacial score (nSPS) is 20.4. The Balaban J connectivity index is 1.41. The molecular weight excluding hydrogens is 362 g/mol. The summed E-state index contributed by atoms with van der Waals surface area (Å²) in [6.07, 6.45) is 7.56. The first-order chi connectivity index (χ1) is 14.2. The third-order valence-electron chi connectivity index (χ3n) is 5.90. The molecule has 1 amide bonds. The molecule has 0 spiro atoms. The number of pyridine rings is 2. The highest BCUT2D eigenvalue weighted by atomic mass is 16.2. The van der Waals surface area contributed by atoms with Crippen LogP contribution in [0.25, 0.3) is 0 Å². The number of rotatable bonds is 5. The second-order valence-corrected chi connectivity index (χ2v) is 8.28. The second kappa shape index (κ2) is 9.35. The summed E-state index contributed by atoms with van der Waals surface area (Å²) in [4.78, 5) is 26.2. The molecule has 4 heterocycles. The number of hydrogen-bond acceptors (Lipinski definition) is 5. The first kappa shape index (κ1) is 19.8. The molecule has 4 rings (SSSR count). The lowest BCUT2D eigenvalue weighted by atomic mass is 9.93. The first-order valence-corrected chi connectivity index (χ1v) is 10.8. The molecule has 0 unspecified atom stereocenters. The maximum absolute atomic E-state index is 12.7. The van der Waals surface area contributed by atoms with Crippen LogP contribution in [-0.4, -0.2) is 58.4 Å². The van der Waals surface area contributed by atoms with Crippen molar-refractivity contribution >= 4 is 17.4 Å². The molecule has 2 aromatic heterocycles. The third kappa shape index (κ3) is 5.32. The SMILES string of the molecule is Cc1cc(Nc2ccccn2)cc([C@H]2CCCN(CC(=O)N3CCCCC3)C2)n1. The van der Waals surface area contributed by atoms with Gasteiger partial charge in [-0.1, -0.05) is 6.07 Å². The van der Waals surface area contributed by atoms with Crippen LogP contribution in [0.5, 0.6) is 0 Å². The molecule has 29 heavy (non-hydrogen) atoms. The molecular formula is C23H31N5O. The van der Waals surface area contributed by atoms with E-state index in [1.807, 2.05) is 30.0 Å². The van der Waals surface area contributed by atoms with Crippen LogP contribution in [0.4, 0.5) is 11.5 Å². The minimum atomic E-state index is 0.292. The van der Waals surface area contributed by atoms with E-state index >= 15 is 0 Å². The van der Waals surface area contributed by atoms with Gasteiger partial charge < -0.3 is 10.2 Å². The molecule has 1 N–H and O–H groups in total. The number of piperidine rings is 2. The van der Waals surface area contributed by atoms with Gasteiger partial charge in [0.2, 0.25) is 5.91 Å². The van der Waals surface area contributed by atoms with Crippen molar-refractivity contribution in [3.05, 3.63) is 47.9 Å². The van der Waals surface area contributed by atoms with Gasteiger partial charge in [-0.15, -0.1) is 0 Å². The average Bonchev–Trinajstić information content (AvgIpc) is 2.75. The minimum Gasteiger partial charge on any atom is -0.342 e. The van der Waals surface area contributed by atoms with Gasteiger partial charge in [0.05, 0.1) is 6.54 Å². The second-order valence-electron chi connectivity index (χ2n) is 8.28. The molecule has 6 heteroatoms. The van der Waals surface area contributed by atoms with Crippen molar-refractivity contribution in [1.29, 1.82) is 0 Å². The highest BCUT2D eigenvalue weighted by Crippen LogP contribution is 2.28. The van der Waals surface area contributed by atoms with Crippen LogP contribution in [0.3, 0.4) is 0 Å². The molecule has 0 bridgehead atoms. The molecule has 2 aliphatic heterocycles. The number of nitrogens with zero attached hydrogens (tertiary/aromatic N) is 4. The molecule has 6 nitrogen and oxygen atoms in total. The number of likely N-dealkylation sites (tertiary alicyclic amines) is 2. The maximum Gasteiger partial charge on any atom is 0.236 e. The van der Waals surface area contributed by atoms with Crippen molar-refractivity contribution < 1.29 is 4.79 Å². The van der Waals surface area contributed by atoms with Gasteiger partial charge in [0, 0.05) is 48.8 Å². The van der Waals surface area contributed by atoms with Gasteiger partial charge in [-0.25, -0.2) is 4.98 Å². The van der Waals surface area contributed by atoms with E-state index in [4.69, 9.17) is 4.98 Å². The monoisotopic (exact) mass is 393 g/mol. The molecule has 1 atom stereocenters. The summed E-state index contributed by atoms with van der Waals surface area (Å²) in [5, 5.41) is 3.39. The molecule has 2 aliphatic rings. The number of carbonyl (C=O) groups excluding carboxylic acids is 1. The topological polar surface area (TPSA) is 61.4 Å². The van der Waals surface area contributed by atoms with Gasteiger partial charge in [0.25, 0.3) is 0 Å². The Morgan fingerprint density at radius 3 is 2.79 bits per heavy atom. The Bertz CT molecular complexity index is 819. The van der Waals surface area contributed by atoms with Crippen LogP contribution < -0.4 is 5.32 Å². The van der Waals surface area contributed by atoms with Gasteiger partial charge in [-0.3, -0.25) is 14.7 Å². The maximum atomic E-state index is 12.7. The van der Waals surface area contributed by atoms with E-state index in [-0.39, 0.29) is 0 Å². The van der Waals surface area contributed by atoms with Crippen molar-refractivity contribution in [3.63, 3.8) is 0 Å². The van der Waals surface area contributed by atoms with Crippen LogP contribution in [0, 0.1) is 6.92 Å². The fourth-order valence-electron chi connectivity index (χ4n) is 4.44. The first-order valence-electron chi connectivity index (χ1n) is 10.8. The summed E-state index contributed by atoms with van der Waals surface area (Å²) < 4.78 is 0. The summed E-state index contributed by atoms with van der Waals surface area (Å²) in [5.41, 5.74) is 3.13. The van der Waals surface area contributed by atoms with Gasteiger partial charge in [0.1, 0.15) is 5.82 Å². The van der Waals surface area contributed by atoms with Gasteiger partial charge in [0.15, 0.2) is 0 Å². The van der Waals surface area contributed by atoms with E-state index in [0.29, 0.717) is 18.4 Å². The predicted octanol–water partition coefficient (Wildman–Crippen LogP) is 3.72. The zero-order chi connectivity index (χ0) is 20.1. The van der Waals surface area contributed by atoms with Crippen LogP contribution >= 0.6 is 0 Å². The Morgan fingerprint density at radius 1 is 1.14 bits per heavy atom. The number of hydrogen-bond donors (Lipinski definition) is 1. The Labute approximate surface area is 173 Å². The van der Waals surface area contributed by atoms with E-state index in [9.17, 15) is 4.79 Å². The summed E-state index contributed by atoms with van der Waals surface area (Å²) in [6, 6.07) is 10.0. The van der Waals surface area contributed by atoms with Crippen LogP contribution in [0.15, 0.2) is 36.5 Å². The number of anilines is 2. The standard InChI is InChI=1S/C23H31N5O/c1-18-14-20(26-22-9-3-4-10-24-22)15-21(25-18)19-8-7-11-27(16-19)17-23(29)28-12-5-2-6-13-28/h3-4,9-10,14-15,19H,2,5-8,11-13,16-17H2,1H3,(H,24,25,26)/t19-/m0/s1. The smallest absolute Gasteiger partial charge is 0.236 e. The molecule has 0 radical (unpaired) electrons. The Hall–Kier alpha value is -2.47. The quantitative estimate of drug-likeness (QED) is 0.839. The van der Waals surface area contributed by atoms with Crippen molar-refractivity contribution in [2.75, 3.05) is 38.0 Å².